The Morgan fingerprint density at radius 2 is 1.76 bits per heavy atom. The highest BCUT2D eigenvalue weighted by Crippen LogP contribution is 2.24. The molecule has 0 saturated carbocycles. The van der Waals surface area contributed by atoms with Crippen molar-refractivity contribution in [1.29, 1.82) is 0 Å². The molecule has 2 aromatic heterocycles. The fraction of sp³-hybridized carbons (Fsp3) is 0.261. The third-order valence-corrected chi connectivity index (χ3v) is 7.25. The van der Waals surface area contributed by atoms with Crippen molar-refractivity contribution in [3.8, 4) is 5.88 Å². The molecule has 11 nitrogen and oxygen atoms in total. The number of carboxylic acids is 1. The minimum absolute atomic E-state index is 0.0103. The van der Waals surface area contributed by atoms with Crippen molar-refractivity contribution in [1.82, 2.24) is 15.0 Å². The van der Waals surface area contributed by atoms with E-state index in [1.807, 2.05) is 0 Å². The van der Waals surface area contributed by atoms with E-state index in [0.717, 1.165) is 0 Å². The lowest BCUT2D eigenvalue weighted by atomic mass is 10.1. The van der Waals surface area contributed by atoms with Gasteiger partial charge in [-0.25, -0.2) is 18.2 Å². The molecule has 2 heterocycles. The van der Waals surface area contributed by atoms with Gasteiger partial charge < -0.3 is 20.5 Å². The van der Waals surface area contributed by atoms with Gasteiger partial charge in [0.15, 0.2) is 0 Å². The number of anilines is 2. The molecule has 1 atom stereocenters. The molecule has 0 aliphatic heterocycles. The smallest absolute Gasteiger partial charge is 0.326 e. The number of aromatic nitrogens is 3. The van der Waals surface area contributed by atoms with E-state index in [1.165, 1.54) is 25.6 Å². The Morgan fingerprint density at radius 3 is 2.32 bits per heavy atom. The summed E-state index contributed by atoms with van der Waals surface area (Å²) in [6.07, 6.45) is 3.00. The number of hydrogen-bond donors (Lipinski definition) is 3. The quantitative estimate of drug-likeness (QED) is 0.291. The molecule has 37 heavy (non-hydrogen) atoms. The zero-order valence-electron chi connectivity index (χ0n) is 19.7. The minimum Gasteiger partial charge on any atom is -0.481 e. The average Bonchev–Trinajstić information content (AvgIpc) is 2.84. The van der Waals surface area contributed by atoms with Gasteiger partial charge >= 0.3 is 5.97 Å². The fourth-order valence-corrected chi connectivity index (χ4v) is 4.96. The SMILES string of the molecule is CCCS(=O)(=O)c1nc(N[C@@H](Cc2ccc(NC(=O)c3c(Cl)cncc3Cl)cc2)C(=O)O)cc(OC)n1. The summed E-state index contributed by atoms with van der Waals surface area (Å²) in [7, 11) is -2.45. The number of carbonyl (C=O) groups excluding carboxylic acids is 1. The lowest BCUT2D eigenvalue weighted by Gasteiger charge is -2.16. The van der Waals surface area contributed by atoms with E-state index in [1.54, 1.807) is 31.2 Å². The summed E-state index contributed by atoms with van der Waals surface area (Å²) in [6, 6.07) is 6.63. The number of ether oxygens (including phenoxy) is 1. The van der Waals surface area contributed by atoms with Crippen molar-refractivity contribution in [2.75, 3.05) is 23.5 Å². The van der Waals surface area contributed by atoms with Crippen molar-refractivity contribution in [2.24, 2.45) is 0 Å². The Hall–Kier alpha value is -3.48. The Labute approximate surface area is 223 Å². The summed E-state index contributed by atoms with van der Waals surface area (Å²) in [4.78, 5) is 36.2. The first kappa shape index (κ1) is 28.1. The van der Waals surface area contributed by atoms with Gasteiger partial charge in [-0.3, -0.25) is 9.78 Å². The van der Waals surface area contributed by atoms with Crippen LogP contribution < -0.4 is 15.4 Å². The third kappa shape index (κ3) is 7.28. The van der Waals surface area contributed by atoms with Gasteiger partial charge in [-0.1, -0.05) is 42.3 Å². The first-order valence-corrected chi connectivity index (χ1v) is 13.3. The van der Waals surface area contributed by atoms with Gasteiger partial charge in [0.25, 0.3) is 11.1 Å². The summed E-state index contributed by atoms with van der Waals surface area (Å²) in [5.74, 6) is -1.91. The first-order valence-electron chi connectivity index (χ1n) is 10.9. The zero-order chi connectivity index (χ0) is 27.2. The second-order valence-electron chi connectivity index (χ2n) is 7.77. The molecule has 3 aromatic rings. The third-order valence-electron chi connectivity index (χ3n) is 4.99. The Kier molecular flexibility index (Phi) is 9.24. The number of sulfone groups is 1. The van der Waals surface area contributed by atoms with Crippen LogP contribution in [0.15, 0.2) is 47.9 Å². The maximum atomic E-state index is 12.5. The molecule has 0 spiro atoms. The van der Waals surface area contributed by atoms with E-state index in [9.17, 15) is 23.1 Å². The van der Waals surface area contributed by atoms with Crippen LogP contribution in [-0.4, -0.2) is 59.3 Å². The number of amides is 1. The molecular weight excluding hydrogens is 545 g/mol. The predicted molar refractivity (Wildman–Crippen MR) is 138 cm³/mol. The molecule has 196 valence electrons. The number of carboxylic acid groups (broad SMARTS) is 1. The van der Waals surface area contributed by atoms with Crippen molar-refractivity contribution in [3.63, 3.8) is 0 Å². The van der Waals surface area contributed by atoms with Crippen LogP contribution in [0.4, 0.5) is 11.5 Å². The Balaban J connectivity index is 1.76. The van der Waals surface area contributed by atoms with Crippen LogP contribution in [0.1, 0.15) is 29.3 Å². The average molecular weight is 568 g/mol. The second-order valence-corrected chi connectivity index (χ2v) is 10.6. The molecule has 0 unspecified atom stereocenters. The van der Waals surface area contributed by atoms with E-state index < -0.39 is 32.9 Å². The lowest BCUT2D eigenvalue weighted by Crippen LogP contribution is -2.32. The van der Waals surface area contributed by atoms with Crippen molar-refractivity contribution >= 4 is 56.4 Å². The second kappa shape index (κ2) is 12.2. The molecule has 1 aromatic carbocycles. The molecule has 0 radical (unpaired) electrons. The summed E-state index contributed by atoms with van der Waals surface area (Å²) in [5, 5.41) is 14.9. The number of hydrogen-bond acceptors (Lipinski definition) is 9. The summed E-state index contributed by atoms with van der Waals surface area (Å²) in [5.41, 5.74) is 1.14. The number of nitrogens with zero attached hydrogens (tertiary/aromatic N) is 3. The molecule has 1 amide bonds. The molecule has 0 fully saturated rings. The van der Waals surface area contributed by atoms with Gasteiger partial charge in [-0.15, -0.1) is 0 Å². The number of methoxy groups -OCH3 is 1. The van der Waals surface area contributed by atoms with E-state index in [-0.39, 0.29) is 39.5 Å². The maximum absolute atomic E-state index is 12.5. The molecule has 3 rings (SSSR count). The monoisotopic (exact) mass is 567 g/mol. The standard InChI is InChI=1S/C23H23Cl2N5O6S/c1-3-8-37(34,35)23-29-18(10-19(30-23)36-2)28-17(22(32)33)9-13-4-6-14(7-5-13)27-21(31)20-15(24)11-26-12-16(20)25/h4-7,10-12,17H,3,8-9H2,1-2H3,(H,27,31)(H,32,33)(H,28,29,30)/t17-/m0/s1. The van der Waals surface area contributed by atoms with Gasteiger partial charge in [-0.05, 0) is 24.1 Å². The predicted octanol–water partition coefficient (Wildman–Crippen LogP) is 3.73. The van der Waals surface area contributed by atoms with E-state index in [4.69, 9.17) is 27.9 Å². The Morgan fingerprint density at radius 1 is 1.11 bits per heavy atom. The topological polar surface area (TPSA) is 160 Å². The summed E-state index contributed by atoms with van der Waals surface area (Å²) < 4.78 is 29.9. The maximum Gasteiger partial charge on any atom is 0.326 e. The van der Waals surface area contributed by atoms with Crippen LogP contribution in [0.5, 0.6) is 5.88 Å². The number of aliphatic carboxylic acids is 1. The van der Waals surface area contributed by atoms with Crippen LogP contribution in [0.25, 0.3) is 0 Å². The zero-order valence-corrected chi connectivity index (χ0v) is 22.1. The molecule has 0 bridgehead atoms. The van der Waals surface area contributed by atoms with Crippen LogP contribution >= 0.6 is 23.2 Å². The number of benzene rings is 1. The van der Waals surface area contributed by atoms with Crippen LogP contribution in [-0.2, 0) is 21.1 Å². The Bertz CT molecular complexity index is 1380. The normalized spacial score (nSPS) is 12.0. The summed E-state index contributed by atoms with van der Waals surface area (Å²) in [6.45, 7) is 1.71. The summed E-state index contributed by atoms with van der Waals surface area (Å²) >= 11 is 12.0. The van der Waals surface area contributed by atoms with Crippen molar-refractivity contribution in [2.45, 2.75) is 31.0 Å². The molecule has 0 saturated heterocycles. The lowest BCUT2D eigenvalue weighted by molar-refractivity contribution is -0.137. The number of halogens is 2. The highest BCUT2D eigenvalue weighted by Gasteiger charge is 2.23. The highest BCUT2D eigenvalue weighted by molar-refractivity contribution is 7.91. The van der Waals surface area contributed by atoms with Crippen LogP contribution in [0.2, 0.25) is 10.0 Å². The van der Waals surface area contributed by atoms with Gasteiger partial charge in [0.2, 0.25) is 15.7 Å². The van der Waals surface area contributed by atoms with Gasteiger partial charge in [0.05, 0.1) is 28.5 Å². The number of pyridine rings is 1. The molecule has 0 aliphatic carbocycles. The largest absolute Gasteiger partial charge is 0.481 e. The van der Waals surface area contributed by atoms with E-state index in [0.29, 0.717) is 17.7 Å². The van der Waals surface area contributed by atoms with Gasteiger partial charge in [0, 0.05) is 30.6 Å². The van der Waals surface area contributed by atoms with Crippen LogP contribution in [0, 0.1) is 0 Å². The van der Waals surface area contributed by atoms with Crippen molar-refractivity contribution in [3.05, 3.63) is 63.9 Å². The molecule has 0 aliphatic rings. The van der Waals surface area contributed by atoms with Gasteiger partial charge in [-0.2, -0.15) is 4.98 Å². The van der Waals surface area contributed by atoms with Crippen LogP contribution in [0.3, 0.4) is 0 Å². The van der Waals surface area contributed by atoms with Gasteiger partial charge in [0.1, 0.15) is 11.9 Å². The number of carbonyl (C=O) groups is 2. The minimum atomic E-state index is -3.76. The van der Waals surface area contributed by atoms with Crippen molar-refractivity contribution < 1.29 is 27.9 Å². The highest BCUT2D eigenvalue weighted by atomic mass is 35.5. The number of nitrogens with one attached hydrogen (secondary N) is 2. The molecular formula is C23H23Cl2N5O6S. The first-order chi connectivity index (χ1) is 17.5. The molecule has 3 N–H and O–H groups in total. The molecule has 14 heteroatoms. The number of rotatable bonds is 11. The fourth-order valence-electron chi connectivity index (χ4n) is 3.24. The van der Waals surface area contributed by atoms with E-state index in [2.05, 4.69) is 25.6 Å². The van der Waals surface area contributed by atoms with E-state index >= 15 is 0 Å².